The van der Waals surface area contributed by atoms with E-state index in [0.717, 1.165) is 101 Å². The van der Waals surface area contributed by atoms with Crippen LogP contribution in [0.15, 0.2) is 54.7 Å². The molecule has 3 aromatic rings. The SMILES string of the molecule is [C-]#[N+]c1ccc(OC2CCC(NC(=O)c3ccc(N4CCC(CN5CCN(c6ccc7c(c6)C(=O)N(C6CCC(=O)NC6=O)C7=O)CC5)CC4)nc3)CC2)cc1Cl. The predicted octanol–water partition coefficient (Wildman–Crippen LogP) is 4.85. The monoisotopic (exact) mass is 792 g/mol. The highest BCUT2D eigenvalue weighted by molar-refractivity contribution is 6.33. The van der Waals surface area contributed by atoms with Gasteiger partial charge >= 0.3 is 0 Å². The fourth-order valence-corrected chi connectivity index (χ4v) is 8.91. The van der Waals surface area contributed by atoms with Crippen molar-refractivity contribution >= 4 is 58.3 Å². The lowest BCUT2D eigenvalue weighted by atomic mass is 9.92. The number of carbonyl (C=O) groups excluding carboxylic acids is 5. The maximum absolute atomic E-state index is 13.3. The number of hydrogen-bond donors (Lipinski definition) is 2. The van der Waals surface area contributed by atoms with E-state index in [0.29, 0.717) is 39.1 Å². The van der Waals surface area contributed by atoms with Crippen LogP contribution in [-0.2, 0) is 9.59 Å². The third kappa shape index (κ3) is 8.31. The van der Waals surface area contributed by atoms with Gasteiger partial charge in [-0.15, -0.1) is 0 Å². The van der Waals surface area contributed by atoms with E-state index in [9.17, 15) is 24.0 Å². The van der Waals surface area contributed by atoms with Crippen LogP contribution >= 0.6 is 11.6 Å². The molecule has 5 amide bonds. The molecule has 4 fully saturated rings. The Bertz CT molecular complexity index is 2100. The normalized spacial score (nSPS) is 23.2. The molecule has 15 heteroatoms. The minimum Gasteiger partial charge on any atom is -0.490 e. The average molecular weight is 793 g/mol. The second-order valence-electron chi connectivity index (χ2n) is 15.6. The number of piperidine rings is 2. The number of anilines is 2. The number of imide groups is 2. The van der Waals surface area contributed by atoms with Crippen LogP contribution in [-0.4, -0.2) is 108 Å². The number of piperazine rings is 1. The molecule has 1 unspecified atom stereocenters. The predicted molar refractivity (Wildman–Crippen MR) is 213 cm³/mol. The number of carbonyl (C=O) groups is 5. The number of aromatic nitrogens is 1. The number of nitrogens with one attached hydrogen (secondary N) is 2. The topological polar surface area (TPSA) is 149 Å². The first-order valence-corrected chi connectivity index (χ1v) is 20.2. The molecule has 296 valence electrons. The summed E-state index contributed by atoms with van der Waals surface area (Å²) in [5, 5.41) is 5.80. The summed E-state index contributed by atoms with van der Waals surface area (Å²) in [5.41, 5.74) is 2.43. The molecule has 5 heterocycles. The van der Waals surface area contributed by atoms with Gasteiger partial charge in [0.1, 0.15) is 17.6 Å². The summed E-state index contributed by atoms with van der Waals surface area (Å²) >= 11 is 6.16. The number of rotatable bonds is 9. The van der Waals surface area contributed by atoms with Gasteiger partial charge in [-0.2, -0.15) is 0 Å². The van der Waals surface area contributed by atoms with Crippen molar-refractivity contribution in [2.45, 2.75) is 69.6 Å². The Labute approximate surface area is 336 Å². The fraction of sp³-hybridized carbons (Fsp3) is 0.452. The van der Waals surface area contributed by atoms with Crippen molar-refractivity contribution in [3.8, 4) is 5.75 Å². The minimum atomic E-state index is -0.974. The van der Waals surface area contributed by atoms with Crippen molar-refractivity contribution in [3.05, 3.63) is 87.9 Å². The van der Waals surface area contributed by atoms with Crippen molar-refractivity contribution in [1.29, 1.82) is 0 Å². The standard InChI is InChI=1S/C42H45ClN8O6/c1-44-35-10-8-31(23-34(35)43)57-30-6-3-28(4-7-30)46-39(53)27-2-12-37(45-24-27)50-16-14-26(15-17-50)25-48-18-20-49(21-19-48)29-5-9-32-33(22-29)42(56)51(41(32)55)36-11-13-38(52)47-40(36)54/h2,5,8-10,12,22-24,26,28,30,36H,3-4,6-7,11,13-21,25H2,(H,46,53)(H,47,52,54). The third-order valence-electron chi connectivity index (χ3n) is 12.0. The Morgan fingerprint density at radius 1 is 0.860 bits per heavy atom. The van der Waals surface area contributed by atoms with Crippen molar-refractivity contribution in [3.63, 3.8) is 0 Å². The number of ether oxygens (including phenoxy) is 1. The number of amides is 5. The Morgan fingerprint density at radius 2 is 1.61 bits per heavy atom. The molecule has 8 rings (SSSR count). The maximum atomic E-state index is 13.3. The molecule has 0 bridgehead atoms. The van der Waals surface area contributed by atoms with E-state index in [-0.39, 0.29) is 30.9 Å². The van der Waals surface area contributed by atoms with Gasteiger partial charge in [-0.1, -0.05) is 17.7 Å². The molecule has 2 N–H and O–H groups in total. The molecule has 0 radical (unpaired) electrons. The molecule has 1 atom stereocenters. The minimum absolute atomic E-state index is 0.0394. The van der Waals surface area contributed by atoms with Crippen LogP contribution in [0.1, 0.15) is 82.4 Å². The van der Waals surface area contributed by atoms with Crippen LogP contribution in [0.3, 0.4) is 0 Å². The van der Waals surface area contributed by atoms with E-state index < -0.39 is 29.7 Å². The maximum Gasteiger partial charge on any atom is 0.262 e. The van der Waals surface area contributed by atoms with Gasteiger partial charge in [0, 0.05) is 70.2 Å². The molecule has 1 saturated carbocycles. The van der Waals surface area contributed by atoms with Crippen LogP contribution in [0, 0.1) is 12.5 Å². The highest BCUT2D eigenvalue weighted by Gasteiger charge is 2.45. The lowest BCUT2D eigenvalue weighted by Crippen LogP contribution is -2.54. The summed E-state index contributed by atoms with van der Waals surface area (Å²) in [6.07, 6.45) is 7.31. The summed E-state index contributed by atoms with van der Waals surface area (Å²) < 4.78 is 6.09. The van der Waals surface area contributed by atoms with Gasteiger partial charge in [-0.25, -0.2) is 9.83 Å². The van der Waals surface area contributed by atoms with Gasteiger partial charge in [0.15, 0.2) is 0 Å². The summed E-state index contributed by atoms with van der Waals surface area (Å²) in [6.45, 7) is 13.4. The summed E-state index contributed by atoms with van der Waals surface area (Å²) in [4.78, 5) is 79.6. The Hall–Kier alpha value is -5.52. The zero-order chi connectivity index (χ0) is 39.6. The Balaban J connectivity index is 0.753. The Morgan fingerprint density at radius 3 is 2.30 bits per heavy atom. The first-order chi connectivity index (χ1) is 27.6. The molecule has 2 aromatic carbocycles. The average Bonchev–Trinajstić information content (AvgIpc) is 3.47. The van der Waals surface area contributed by atoms with Gasteiger partial charge in [-0.3, -0.25) is 39.1 Å². The number of nitrogens with zero attached hydrogens (tertiary/aromatic N) is 6. The van der Waals surface area contributed by atoms with Gasteiger partial charge in [-0.05, 0) is 93.3 Å². The molecule has 57 heavy (non-hydrogen) atoms. The molecular formula is C42H45ClN8O6. The number of benzene rings is 2. The lowest BCUT2D eigenvalue weighted by molar-refractivity contribution is -0.136. The van der Waals surface area contributed by atoms with Crippen LogP contribution in [0.4, 0.5) is 17.2 Å². The van der Waals surface area contributed by atoms with Gasteiger partial charge in [0.2, 0.25) is 17.5 Å². The molecule has 4 aliphatic heterocycles. The lowest BCUT2D eigenvalue weighted by Gasteiger charge is -2.40. The van der Waals surface area contributed by atoms with E-state index in [2.05, 4.69) is 35.2 Å². The second-order valence-corrected chi connectivity index (χ2v) is 16.0. The van der Waals surface area contributed by atoms with Gasteiger partial charge in [0.05, 0.1) is 34.4 Å². The van der Waals surface area contributed by atoms with Crippen molar-refractivity contribution in [2.24, 2.45) is 5.92 Å². The van der Waals surface area contributed by atoms with E-state index >= 15 is 0 Å². The van der Waals surface area contributed by atoms with E-state index in [1.807, 2.05) is 18.2 Å². The van der Waals surface area contributed by atoms with Crippen LogP contribution in [0.25, 0.3) is 4.85 Å². The largest absolute Gasteiger partial charge is 0.490 e. The van der Waals surface area contributed by atoms with E-state index in [1.54, 1.807) is 36.5 Å². The zero-order valence-corrected chi connectivity index (χ0v) is 32.4. The summed E-state index contributed by atoms with van der Waals surface area (Å²) in [7, 11) is 0. The van der Waals surface area contributed by atoms with Crippen molar-refractivity contribution in [2.75, 3.05) is 55.6 Å². The molecule has 5 aliphatic rings. The zero-order valence-electron chi connectivity index (χ0n) is 31.6. The fourth-order valence-electron chi connectivity index (χ4n) is 8.70. The quantitative estimate of drug-likeness (QED) is 0.228. The molecule has 1 aliphatic carbocycles. The molecule has 14 nitrogen and oxygen atoms in total. The number of hydrogen-bond acceptors (Lipinski definition) is 10. The second kappa shape index (κ2) is 16.5. The number of halogens is 1. The smallest absolute Gasteiger partial charge is 0.262 e. The first-order valence-electron chi connectivity index (χ1n) is 19.8. The summed E-state index contributed by atoms with van der Waals surface area (Å²) in [5.74, 6) is 0.0176. The third-order valence-corrected chi connectivity index (χ3v) is 12.3. The highest BCUT2D eigenvalue weighted by atomic mass is 35.5. The van der Waals surface area contributed by atoms with Gasteiger partial charge in [0.25, 0.3) is 17.7 Å². The van der Waals surface area contributed by atoms with Gasteiger partial charge < -0.3 is 19.9 Å². The molecule has 0 spiro atoms. The molecule has 1 aromatic heterocycles. The van der Waals surface area contributed by atoms with E-state index in [4.69, 9.17) is 22.9 Å². The summed E-state index contributed by atoms with van der Waals surface area (Å²) in [6, 6.07) is 13.3. The van der Waals surface area contributed by atoms with Crippen LogP contribution in [0.2, 0.25) is 5.02 Å². The number of pyridine rings is 1. The van der Waals surface area contributed by atoms with Crippen LogP contribution in [0.5, 0.6) is 5.75 Å². The van der Waals surface area contributed by atoms with Crippen molar-refractivity contribution in [1.82, 2.24) is 25.4 Å². The number of fused-ring (bicyclic) bond motifs is 1. The van der Waals surface area contributed by atoms with Crippen molar-refractivity contribution < 1.29 is 28.7 Å². The van der Waals surface area contributed by atoms with Crippen LogP contribution < -0.4 is 25.2 Å². The molecule has 3 saturated heterocycles. The molecular weight excluding hydrogens is 748 g/mol. The highest BCUT2D eigenvalue weighted by Crippen LogP contribution is 2.33. The first kappa shape index (κ1) is 38.4. The van der Waals surface area contributed by atoms with E-state index in [1.165, 1.54) is 0 Å². The Kier molecular flexibility index (Phi) is 11.1.